The maximum absolute atomic E-state index is 12.3. The van der Waals surface area contributed by atoms with E-state index in [1.54, 1.807) is 29.7 Å². The number of aromatic nitrogens is 6. The summed E-state index contributed by atoms with van der Waals surface area (Å²) >= 11 is 0. The number of carbonyl (C=O) groups is 1. The molecule has 150 valence electrons. The topological polar surface area (TPSA) is 114 Å². The van der Waals surface area contributed by atoms with Crippen molar-refractivity contribution in [2.75, 3.05) is 24.5 Å². The molecule has 3 aliphatic rings. The van der Waals surface area contributed by atoms with Crippen LogP contribution in [-0.2, 0) is 16.1 Å². The molecule has 3 fully saturated rings. The minimum atomic E-state index is -0.140. The van der Waals surface area contributed by atoms with Crippen molar-refractivity contribution in [1.82, 2.24) is 35.0 Å². The Bertz CT molecular complexity index is 1050. The van der Waals surface area contributed by atoms with Gasteiger partial charge >= 0.3 is 0 Å². The summed E-state index contributed by atoms with van der Waals surface area (Å²) in [6, 6.07) is 1.82. The molecule has 29 heavy (non-hydrogen) atoms. The number of H-pyrrole nitrogens is 1. The van der Waals surface area contributed by atoms with Crippen molar-refractivity contribution >= 4 is 22.9 Å². The van der Waals surface area contributed by atoms with Gasteiger partial charge in [0.15, 0.2) is 11.5 Å². The molecule has 1 spiro atoms. The second kappa shape index (κ2) is 6.24. The summed E-state index contributed by atoms with van der Waals surface area (Å²) in [6.45, 7) is 2.55. The fourth-order valence-corrected chi connectivity index (χ4v) is 5.45. The van der Waals surface area contributed by atoms with E-state index in [9.17, 15) is 4.79 Å². The van der Waals surface area contributed by atoms with Crippen LogP contribution in [0.3, 0.4) is 0 Å². The predicted molar refractivity (Wildman–Crippen MR) is 103 cm³/mol. The van der Waals surface area contributed by atoms with E-state index in [-0.39, 0.29) is 24.2 Å². The summed E-state index contributed by atoms with van der Waals surface area (Å²) in [5.74, 6) is 1.55. The third-order valence-corrected chi connectivity index (χ3v) is 6.69. The maximum atomic E-state index is 12.3. The van der Waals surface area contributed by atoms with Crippen LogP contribution in [0.5, 0.6) is 0 Å². The SMILES string of the molecule is O=C(Cn1cccn1)NC[C@H]1[C@H]2CN(c3ncnc4nc[nH]c34)C[C@]23CC[C@H]1O3. The van der Waals surface area contributed by atoms with Gasteiger partial charge in [-0.2, -0.15) is 5.10 Å². The van der Waals surface area contributed by atoms with Crippen molar-refractivity contribution < 1.29 is 9.53 Å². The van der Waals surface area contributed by atoms with Gasteiger partial charge in [-0.25, -0.2) is 15.0 Å². The summed E-state index contributed by atoms with van der Waals surface area (Å²) < 4.78 is 8.14. The van der Waals surface area contributed by atoms with E-state index in [1.165, 1.54) is 0 Å². The molecule has 2 bridgehead atoms. The number of hydrogen-bond donors (Lipinski definition) is 2. The number of amides is 1. The zero-order chi connectivity index (χ0) is 19.4. The molecule has 0 aromatic carbocycles. The molecule has 0 unspecified atom stereocenters. The van der Waals surface area contributed by atoms with Crippen LogP contribution in [0, 0.1) is 11.8 Å². The zero-order valence-electron chi connectivity index (χ0n) is 15.9. The Hall–Kier alpha value is -3.01. The van der Waals surface area contributed by atoms with E-state index in [2.05, 4.69) is 35.3 Å². The third kappa shape index (κ3) is 2.62. The number of imidazole rings is 1. The van der Waals surface area contributed by atoms with Crippen LogP contribution >= 0.6 is 0 Å². The highest BCUT2D eigenvalue weighted by Gasteiger charge is 2.63. The molecular weight excluding hydrogens is 372 g/mol. The Morgan fingerprint density at radius 3 is 3.24 bits per heavy atom. The van der Waals surface area contributed by atoms with Crippen molar-refractivity contribution in [3.8, 4) is 0 Å². The minimum absolute atomic E-state index is 0.0182. The molecule has 6 heterocycles. The molecule has 0 radical (unpaired) electrons. The number of carbonyl (C=O) groups excluding carboxylic acids is 1. The summed E-state index contributed by atoms with van der Waals surface area (Å²) in [5.41, 5.74) is 1.40. The van der Waals surface area contributed by atoms with E-state index >= 15 is 0 Å². The molecule has 4 atom stereocenters. The lowest BCUT2D eigenvalue weighted by Gasteiger charge is -2.29. The number of anilines is 1. The minimum Gasteiger partial charge on any atom is -0.369 e. The average Bonchev–Trinajstić information content (AvgIpc) is 3.52. The quantitative estimate of drug-likeness (QED) is 0.642. The lowest BCUT2D eigenvalue weighted by molar-refractivity contribution is -0.122. The standard InChI is InChI=1S/C19H22N8O2/c28-15(8-27-5-1-4-25-27)20-6-12-13-7-26(9-19(13)3-2-14(12)29-19)18-16-17(22-10-21-16)23-11-24-18/h1,4-5,10-14H,2-3,6-9H2,(H,20,28)(H,21,22,23,24)/t12-,13+,14+,19+/m0/s1. The third-order valence-electron chi connectivity index (χ3n) is 6.69. The predicted octanol–water partition coefficient (Wildman–Crippen LogP) is 0.350. The van der Waals surface area contributed by atoms with E-state index in [4.69, 9.17) is 4.74 Å². The van der Waals surface area contributed by atoms with Gasteiger partial charge in [-0.15, -0.1) is 0 Å². The van der Waals surface area contributed by atoms with Gasteiger partial charge in [0.25, 0.3) is 0 Å². The van der Waals surface area contributed by atoms with Crippen LogP contribution < -0.4 is 10.2 Å². The van der Waals surface area contributed by atoms with Crippen LogP contribution in [0.4, 0.5) is 5.82 Å². The van der Waals surface area contributed by atoms with Crippen LogP contribution in [-0.4, -0.2) is 67.0 Å². The first-order chi connectivity index (χ1) is 14.2. The Morgan fingerprint density at radius 2 is 2.34 bits per heavy atom. The molecule has 2 N–H and O–H groups in total. The van der Waals surface area contributed by atoms with Gasteiger partial charge in [-0.05, 0) is 18.9 Å². The zero-order valence-corrected chi connectivity index (χ0v) is 15.9. The molecular formula is C19H22N8O2. The first-order valence-electron chi connectivity index (χ1n) is 10.0. The fraction of sp³-hybridized carbons (Fsp3) is 0.526. The van der Waals surface area contributed by atoms with Crippen LogP contribution in [0.1, 0.15) is 12.8 Å². The van der Waals surface area contributed by atoms with Gasteiger partial charge in [0.05, 0.1) is 18.0 Å². The number of rotatable bonds is 5. The molecule has 0 saturated carbocycles. The van der Waals surface area contributed by atoms with E-state index < -0.39 is 0 Å². The Kier molecular flexibility index (Phi) is 3.64. The second-order valence-electron chi connectivity index (χ2n) is 8.22. The Morgan fingerprint density at radius 1 is 1.38 bits per heavy atom. The summed E-state index contributed by atoms with van der Waals surface area (Å²) in [6.07, 6.45) is 9.03. The van der Waals surface area contributed by atoms with Crippen molar-refractivity contribution in [1.29, 1.82) is 0 Å². The fourth-order valence-electron chi connectivity index (χ4n) is 5.45. The highest BCUT2D eigenvalue weighted by atomic mass is 16.5. The summed E-state index contributed by atoms with van der Waals surface area (Å²) in [5, 5.41) is 7.19. The van der Waals surface area contributed by atoms with Gasteiger partial charge in [0, 0.05) is 43.9 Å². The molecule has 6 rings (SSSR count). The largest absolute Gasteiger partial charge is 0.369 e. The first-order valence-corrected chi connectivity index (χ1v) is 10.0. The lowest BCUT2D eigenvalue weighted by Crippen LogP contribution is -2.42. The maximum Gasteiger partial charge on any atom is 0.241 e. The number of ether oxygens (including phenoxy) is 1. The molecule has 3 aromatic rings. The average molecular weight is 394 g/mol. The van der Waals surface area contributed by atoms with Crippen LogP contribution in [0.2, 0.25) is 0 Å². The Labute approximate surface area is 166 Å². The smallest absolute Gasteiger partial charge is 0.241 e. The van der Waals surface area contributed by atoms with Crippen molar-refractivity contribution in [2.24, 2.45) is 11.8 Å². The molecule has 10 nitrogen and oxygen atoms in total. The Balaban J connectivity index is 1.19. The van der Waals surface area contributed by atoms with E-state index in [0.717, 1.165) is 37.3 Å². The highest BCUT2D eigenvalue weighted by Crippen LogP contribution is 2.55. The molecule has 3 saturated heterocycles. The van der Waals surface area contributed by atoms with Gasteiger partial charge in [-0.3, -0.25) is 9.48 Å². The van der Waals surface area contributed by atoms with Crippen molar-refractivity contribution in [2.45, 2.75) is 31.1 Å². The number of hydrogen-bond acceptors (Lipinski definition) is 7. The monoisotopic (exact) mass is 394 g/mol. The number of fused-ring (bicyclic) bond motifs is 2. The van der Waals surface area contributed by atoms with Gasteiger partial charge in [0.1, 0.15) is 18.4 Å². The van der Waals surface area contributed by atoms with Crippen molar-refractivity contribution in [3.63, 3.8) is 0 Å². The van der Waals surface area contributed by atoms with E-state index in [1.807, 2.05) is 6.07 Å². The summed E-state index contributed by atoms with van der Waals surface area (Å²) in [7, 11) is 0. The van der Waals surface area contributed by atoms with Gasteiger partial charge in [0.2, 0.25) is 5.91 Å². The number of nitrogens with zero attached hydrogens (tertiary/aromatic N) is 6. The van der Waals surface area contributed by atoms with Crippen LogP contribution in [0.15, 0.2) is 31.1 Å². The number of aromatic amines is 1. The second-order valence-corrected chi connectivity index (χ2v) is 8.22. The molecule has 1 amide bonds. The molecule has 10 heteroatoms. The van der Waals surface area contributed by atoms with Gasteiger partial charge in [-0.1, -0.05) is 0 Å². The van der Waals surface area contributed by atoms with Gasteiger partial charge < -0.3 is 19.9 Å². The van der Waals surface area contributed by atoms with E-state index in [0.29, 0.717) is 24.0 Å². The normalized spacial score (nSPS) is 30.2. The summed E-state index contributed by atoms with van der Waals surface area (Å²) in [4.78, 5) is 30.7. The molecule has 0 aliphatic carbocycles. The number of nitrogens with one attached hydrogen (secondary N) is 2. The molecule has 3 aromatic heterocycles. The molecule has 3 aliphatic heterocycles. The van der Waals surface area contributed by atoms with Crippen LogP contribution in [0.25, 0.3) is 11.2 Å². The first kappa shape index (κ1) is 16.9. The highest BCUT2D eigenvalue weighted by molar-refractivity contribution is 5.83. The lowest BCUT2D eigenvalue weighted by atomic mass is 9.73. The van der Waals surface area contributed by atoms with Crippen molar-refractivity contribution in [3.05, 3.63) is 31.1 Å².